The lowest BCUT2D eigenvalue weighted by atomic mass is 10.1. The Kier molecular flexibility index (Phi) is 4.88. The van der Waals surface area contributed by atoms with Gasteiger partial charge in [0.15, 0.2) is 0 Å². The van der Waals surface area contributed by atoms with Crippen LogP contribution >= 0.6 is 11.6 Å². The number of amides is 1. The van der Waals surface area contributed by atoms with Gasteiger partial charge >= 0.3 is 0 Å². The first-order valence-electron chi connectivity index (χ1n) is 9.14. The summed E-state index contributed by atoms with van der Waals surface area (Å²) in [6.07, 6.45) is 0. The second kappa shape index (κ2) is 7.49. The maximum atomic E-state index is 12.9. The molecule has 1 heterocycles. The normalized spacial score (nSPS) is 12.1. The second-order valence-electron chi connectivity index (χ2n) is 6.80. The van der Waals surface area contributed by atoms with Gasteiger partial charge in [0.05, 0.1) is 5.52 Å². The number of hydrogen-bond acceptors (Lipinski definition) is 2. The fourth-order valence-electron chi connectivity index (χ4n) is 3.28. The van der Waals surface area contributed by atoms with E-state index in [9.17, 15) is 4.79 Å². The number of para-hydroxylation sites is 1. The molecule has 1 atom stereocenters. The molecule has 1 N–H and O–H groups in total. The Bertz CT molecular complexity index is 1150. The Balaban J connectivity index is 1.76. The van der Waals surface area contributed by atoms with Crippen LogP contribution in [-0.2, 0) is 4.79 Å². The van der Waals surface area contributed by atoms with Crippen molar-refractivity contribution in [2.45, 2.75) is 19.9 Å². The van der Waals surface area contributed by atoms with Crippen LogP contribution in [0.15, 0.2) is 72.8 Å². The number of aromatic nitrogens is 2. The van der Waals surface area contributed by atoms with Crippen LogP contribution in [-0.4, -0.2) is 15.7 Å². The molecule has 0 unspecified atom stereocenters. The molecule has 0 aliphatic carbocycles. The Labute approximate surface area is 168 Å². The van der Waals surface area contributed by atoms with Gasteiger partial charge in [-0.05, 0) is 43.7 Å². The lowest BCUT2D eigenvalue weighted by molar-refractivity contribution is -0.118. The van der Waals surface area contributed by atoms with Crippen molar-refractivity contribution in [3.05, 3.63) is 83.4 Å². The van der Waals surface area contributed by atoms with Gasteiger partial charge in [0, 0.05) is 21.7 Å². The van der Waals surface area contributed by atoms with Gasteiger partial charge in [-0.2, -0.15) is 5.10 Å². The van der Waals surface area contributed by atoms with Gasteiger partial charge in [0.25, 0.3) is 0 Å². The quantitative estimate of drug-likeness (QED) is 0.474. The first-order valence-corrected chi connectivity index (χ1v) is 9.52. The molecule has 5 heteroatoms. The minimum Gasteiger partial charge on any atom is -0.324 e. The molecule has 140 valence electrons. The summed E-state index contributed by atoms with van der Waals surface area (Å²) in [6.45, 7) is 3.82. The zero-order valence-electron chi connectivity index (χ0n) is 15.7. The Morgan fingerprint density at radius 3 is 2.50 bits per heavy atom. The highest BCUT2D eigenvalue weighted by atomic mass is 35.5. The number of hydrogen-bond donors (Lipinski definition) is 1. The Morgan fingerprint density at radius 2 is 1.75 bits per heavy atom. The van der Waals surface area contributed by atoms with Gasteiger partial charge in [-0.15, -0.1) is 0 Å². The van der Waals surface area contributed by atoms with E-state index in [1.54, 1.807) is 4.68 Å². The average molecular weight is 390 g/mol. The van der Waals surface area contributed by atoms with Crippen molar-refractivity contribution in [1.82, 2.24) is 9.78 Å². The summed E-state index contributed by atoms with van der Waals surface area (Å²) in [7, 11) is 0. The molecule has 28 heavy (non-hydrogen) atoms. The van der Waals surface area contributed by atoms with Crippen LogP contribution < -0.4 is 5.32 Å². The number of fused-ring (bicyclic) bond motifs is 1. The molecule has 0 bridgehead atoms. The topological polar surface area (TPSA) is 46.9 Å². The van der Waals surface area contributed by atoms with Gasteiger partial charge in [-0.25, -0.2) is 0 Å². The summed E-state index contributed by atoms with van der Waals surface area (Å²) in [5.41, 5.74) is 4.50. The molecule has 4 rings (SSSR count). The van der Waals surface area contributed by atoms with Crippen LogP contribution in [0.25, 0.3) is 22.2 Å². The molecule has 0 spiro atoms. The molecule has 0 fully saturated rings. The third-order valence-electron chi connectivity index (χ3n) is 4.86. The predicted octanol–water partition coefficient (Wildman–Crippen LogP) is 5.86. The first-order chi connectivity index (χ1) is 13.5. The predicted molar refractivity (Wildman–Crippen MR) is 115 cm³/mol. The number of rotatable bonds is 4. The van der Waals surface area contributed by atoms with Crippen LogP contribution in [0.2, 0.25) is 5.02 Å². The molecule has 4 nitrogen and oxygen atoms in total. The van der Waals surface area contributed by atoms with E-state index in [0.717, 1.165) is 33.4 Å². The second-order valence-corrected chi connectivity index (χ2v) is 7.24. The van der Waals surface area contributed by atoms with E-state index in [0.29, 0.717) is 5.02 Å². The molecule has 0 saturated carbocycles. The molecule has 0 saturated heterocycles. The summed E-state index contributed by atoms with van der Waals surface area (Å²) >= 11 is 6.24. The number of carbonyl (C=O) groups is 1. The zero-order valence-corrected chi connectivity index (χ0v) is 16.4. The molecule has 1 aromatic heterocycles. The van der Waals surface area contributed by atoms with Crippen molar-refractivity contribution in [3.8, 4) is 11.3 Å². The maximum absolute atomic E-state index is 12.9. The summed E-state index contributed by atoms with van der Waals surface area (Å²) in [6, 6.07) is 22.8. The van der Waals surface area contributed by atoms with Crippen LogP contribution in [0, 0.1) is 6.92 Å². The number of nitrogens with zero attached hydrogens (tertiary/aromatic N) is 2. The van der Waals surface area contributed by atoms with Crippen molar-refractivity contribution < 1.29 is 4.79 Å². The SMILES string of the molecule is Cc1ccccc1NC(=O)[C@@H](C)n1nc(-c2ccccc2)c2cc(Cl)ccc21. The molecule has 0 aliphatic heterocycles. The van der Waals surface area contributed by atoms with Crippen molar-refractivity contribution in [2.24, 2.45) is 0 Å². The highest BCUT2D eigenvalue weighted by molar-refractivity contribution is 6.31. The summed E-state index contributed by atoms with van der Waals surface area (Å²) < 4.78 is 1.77. The lowest BCUT2D eigenvalue weighted by Gasteiger charge is -2.15. The van der Waals surface area contributed by atoms with E-state index in [2.05, 4.69) is 5.32 Å². The first kappa shape index (κ1) is 18.3. The molecule has 1 amide bonds. The third-order valence-corrected chi connectivity index (χ3v) is 5.10. The Morgan fingerprint density at radius 1 is 1.04 bits per heavy atom. The number of benzene rings is 3. The summed E-state index contributed by atoms with van der Waals surface area (Å²) in [4.78, 5) is 12.9. The molecule has 3 aromatic carbocycles. The van der Waals surface area contributed by atoms with Gasteiger partial charge in [0.1, 0.15) is 11.7 Å². The minimum atomic E-state index is -0.485. The van der Waals surface area contributed by atoms with Crippen LogP contribution in [0.4, 0.5) is 5.69 Å². The smallest absolute Gasteiger partial charge is 0.248 e. The molecular formula is C23H20ClN3O. The molecule has 4 aromatic rings. The van der Waals surface area contributed by atoms with E-state index in [4.69, 9.17) is 16.7 Å². The largest absolute Gasteiger partial charge is 0.324 e. The fraction of sp³-hybridized carbons (Fsp3) is 0.130. The van der Waals surface area contributed by atoms with Gasteiger partial charge in [-0.1, -0.05) is 60.1 Å². The highest BCUT2D eigenvalue weighted by Gasteiger charge is 2.21. The average Bonchev–Trinajstić information content (AvgIpc) is 3.08. The lowest BCUT2D eigenvalue weighted by Crippen LogP contribution is -2.24. The number of nitrogens with one attached hydrogen (secondary N) is 1. The van der Waals surface area contributed by atoms with Crippen LogP contribution in [0.3, 0.4) is 0 Å². The Hall–Kier alpha value is -3.11. The number of anilines is 1. The minimum absolute atomic E-state index is 0.117. The number of aryl methyl sites for hydroxylation is 1. The molecule has 0 aliphatic rings. The molecular weight excluding hydrogens is 370 g/mol. The maximum Gasteiger partial charge on any atom is 0.248 e. The highest BCUT2D eigenvalue weighted by Crippen LogP contribution is 2.32. The van der Waals surface area contributed by atoms with Crippen molar-refractivity contribution in [3.63, 3.8) is 0 Å². The third kappa shape index (κ3) is 3.39. The van der Waals surface area contributed by atoms with E-state index < -0.39 is 6.04 Å². The van der Waals surface area contributed by atoms with Gasteiger partial charge in [-0.3, -0.25) is 9.48 Å². The van der Waals surface area contributed by atoms with Gasteiger partial charge in [0.2, 0.25) is 5.91 Å². The van der Waals surface area contributed by atoms with Crippen LogP contribution in [0.1, 0.15) is 18.5 Å². The molecule has 0 radical (unpaired) electrons. The van der Waals surface area contributed by atoms with E-state index in [1.807, 2.05) is 86.6 Å². The van der Waals surface area contributed by atoms with E-state index in [-0.39, 0.29) is 5.91 Å². The van der Waals surface area contributed by atoms with Crippen LogP contribution in [0.5, 0.6) is 0 Å². The summed E-state index contributed by atoms with van der Waals surface area (Å²) in [5, 5.41) is 9.36. The summed E-state index contributed by atoms with van der Waals surface area (Å²) in [5.74, 6) is -0.117. The number of halogens is 1. The zero-order chi connectivity index (χ0) is 19.7. The van der Waals surface area contributed by atoms with E-state index in [1.165, 1.54) is 0 Å². The van der Waals surface area contributed by atoms with Crippen molar-refractivity contribution in [2.75, 3.05) is 5.32 Å². The van der Waals surface area contributed by atoms with E-state index >= 15 is 0 Å². The monoisotopic (exact) mass is 389 g/mol. The fourth-order valence-corrected chi connectivity index (χ4v) is 3.45. The van der Waals surface area contributed by atoms with Crippen molar-refractivity contribution >= 4 is 34.1 Å². The van der Waals surface area contributed by atoms with Crippen molar-refractivity contribution in [1.29, 1.82) is 0 Å². The standard InChI is InChI=1S/C23H20ClN3O/c1-15-8-6-7-11-20(15)25-23(28)16(2)27-21-13-12-18(24)14-19(21)22(26-27)17-9-4-3-5-10-17/h3-14,16H,1-2H3,(H,25,28)/t16-/m1/s1. The number of carbonyl (C=O) groups excluding carboxylic acids is 1. The van der Waals surface area contributed by atoms with Gasteiger partial charge < -0.3 is 5.32 Å².